The lowest BCUT2D eigenvalue weighted by Gasteiger charge is -2.37. The first-order valence-corrected chi connectivity index (χ1v) is 15.6. The third-order valence-electron chi connectivity index (χ3n) is 7.17. The number of thiazole rings is 1. The Bertz CT molecular complexity index is 1470. The molecule has 1 unspecified atom stereocenters. The fourth-order valence-corrected chi connectivity index (χ4v) is 6.98. The number of likely N-dealkylation sites (N-methyl/N-ethyl adjacent to an activating group) is 1. The van der Waals surface area contributed by atoms with Crippen molar-refractivity contribution in [2.45, 2.75) is 44.3 Å². The summed E-state index contributed by atoms with van der Waals surface area (Å²) in [7, 11) is -1.28. The number of sulfonamides is 1. The Morgan fingerprint density at radius 3 is 2.76 bits per heavy atom. The van der Waals surface area contributed by atoms with Crippen molar-refractivity contribution in [1.82, 2.24) is 30.2 Å². The molecule has 1 saturated carbocycles. The number of H-pyrrole nitrogens is 1. The van der Waals surface area contributed by atoms with Crippen LogP contribution in [0.5, 0.6) is 0 Å². The number of hydrogen-bond acceptors (Lipinski definition) is 7. The van der Waals surface area contributed by atoms with E-state index in [-0.39, 0.29) is 36.4 Å². The number of halogens is 1. The van der Waals surface area contributed by atoms with Crippen molar-refractivity contribution >= 4 is 55.7 Å². The fourth-order valence-electron chi connectivity index (χ4n) is 5.17. The molecule has 3 atom stereocenters. The van der Waals surface area contributed by atoms with Crippen molar-refractivity contribution < 1.29 is 18.0 Å². The highest BCUT2D eigenvalue weighted by molar-refractivity contribution is 7.88. The third-order valence-corrected chi connectivity index (χ3v) is 9.18. The Kier molecular flexibility index (Phi) is 7.79. The Labute approximate surface area is 230 Å². The van der Waals surface area contributed by atoms with Crippen LogP contribution in [0, 0.1) is 5.92 Å². The first-order chi connectivity index (χ1) is 18.0. The molecular formula is C25H31ClN6O4S2. The maximum atomic E-state index is 13.2. The van der Waals surface area contributed by atoms with Crippen LogP contribution in [-0.4, -0.2) is 73.6 Å². The number of aromatic amines is 1. The maximum Gasteiger partial charge on any atom is 0.280 e. The highest BCUT2D eigenvalue weighted by Gasteiger charge is 2.34. The molecule has 5 rings (SSSR count). The number of nitrogens with zero attached hydrogens (tertiary/aromatic N) is 2. The highest BCUT2D eigenvalue weighted by Crippen LogP contribution is 2.28. The molecule has 2 amide bonds. The minimum Gasteiger partial charge on any atom is -0.351 e. The van der Waals surface area contributed by atoms with Gasteiger partial charge in [0.05, 0.1) is 11.9 Å². The summed E-state index contributed by atoms with van der Waals surface area (Å²) in [5.41, 5.74) is 2.17. The molecule has 0 bridgehead atoms. The van der Waals surface area contributed by atoms with Crippen molar-refractivity contribution in [2.24, 2.45) is 5.92 Å². The second-order valence-corrected chi connectivity index (χ2v) is 13.6. The topological polar surface area (TPSA) is 136 Å². The lowest BCUT2D eigenvalue weighted by atomic mass is 9.82. The molecule has 4 N–H and O–H groups in total. The second kappa shape index (κ2) is 10.9. The highest BCUT2D eigenvalue weighted by atomic mass is 35.5. The molecule has 3 heterocycles. The number of nitrogens with one attached hydrogen (secondary N) is 4. The normalized spacial score (nSPS) is 22.2. The predicted molar refractivity (Wildman–Crippen MR) is 148 cm³/mol. The van der Waals surface area contributed by atoms with Gasteiger partial charge in [-0.25, -0.2) is 18.1 Å². The lowest BCUT2D eigenvalue weighted by molar-refractivity contribution is 0.0843. The second-order valence-electron chi connectivity index (χ2n) is 10.3. The number of aromatic nitrogens is 2. The van der Waals surface area contributed by atoms with Crippen LogP contribution >= 0.6 is 22.9 Å². The van der Waals surface area contributed by atoms with Crippen molar-refractivity contribution in [1.29, 1.82) is 0 Å². The van der Waals surface area contributed by atoms with Crippen LogP contribution in [0.1, 0.15) is 50.1 Å². The van der Waals surface area contributed by atoms with Crippen molar-refractivity contribution in [2.75, 3.05) is 26.4 Å². The molecule has 204 valence electrons. The lowest BCUT2D eigenvalue weighted by Crippen LogP contribution is -2.55. The largest absolute Gasteiger partial charge is 0.351 e. The summed E-state index contributed by atoms with van der Waals surface area (Å²) in [5, 5.41) is 8.02. The molecule has 0 radical (unpaired) electrons. The van der Waals surface area contributed by atoms with Gasteiger partial charge in [-0.1, -0.05) is 11.6 Å². The first-order valence-electron chi connectivity index (χ1n) is 12.6. The molecule has 1 aliphatic carbocycles. The number of carbonyl (C=O) groups is 2. The Hall–Kier alpha value is -2.51. The molecule has 0 spiro atoms. The zero-order valence-electron chi connectivity index (χ0n) is 21.2. The number of rotatable bonds is 7. The van der Waals surface area contributed by atoms with Gasteiger partial charge in [-0.2, -0.15) is 0 Å². The molecule has 38 heavy (non-hydrogen) atoms. The van der Waals surface area contributed by atoms with Crippen LogP contribution in [-0.2, 0) is 23.0 Å². The zero-order chi connectivity index (χ0) is 27.0. The van der Waals surface area contributed by atoms with Crippen LogP contribution in [0.2, 0.25) is 5.02 Å². The van der Waals surface area contributed by atoms with Gasteiger partial charge in [0.1, 0.15) is 5.69 Å². The smallest absolute Gasteiger partial charge is 0.280 e. The average molecular weight is 579 g/mol. The van der Waals surface area contributed by atoms with Gasteiger partial charge in [0.2, 0.25) is 10.0 Å². The van der Waals surface area contributed by atoms with Gasteiger partial charge in [0, 0.05) is 58.9 Å². The van der Waals surface area contributed by atoms with Crippen molar-refractivity contribution in [3.8, 4) is 0 Å². The third kappa shape index (κ3) is 6.37. The molecule has 1 fully saturated rings. The molecule has 1 aromatic carbocycles. The van der Waals surface area contributed by atoms with E-state index in [0.717, 1.165) is 47.2 Å². The van der Waals surface area contributed by atoms with Gasteiger partial charge < -0.3 is 20.5 Å². The molecule has 2 aromatic heterocycles. The zero-order valence-corrected chi connectivity index (χ0v) is 23.6. The van der Waals surface area contributed by atoms with Crippen LogP contribution < -0.4 is 15.4 Å². The van der Waals surface area contributed by atoms with E-state index >= 15 is 0 Å². The van der Waals surface area contributed by atoms with E-state index in [1.807, 2.05) is 6.07 Å². The SMILES string of the molecule is CN1CCc2nc(C(=O)N[C@@H]3CCC(CNS(C)(=O)=O)C[C@@H]3NC(=O)c3cc4cc(Cl)ccc4[nH]3)sc2C1. The number of benzene rings is 1. The van der Waals surface area contributed by atoms with E-state index in [9.17, 15) is 18.0 Å². The number of carbonyl (C=O) groups excluding carboxylic acids is 2. The Morgan fingerprint density at radius 2 is 1.97 bits per heavy atom. The van der Waals surface area contributed by atoms with E-state index in [1.165, 1.54) is 11.3 Å². The van der Waals surface area contributed by atoms with E-state index < -0.39 is 10.0 Å². The van der Waals surface area contributed by atoms with Gasteiger partial charge in [0.15, 0.2) is 5.01 Å². The fraction of sp³-hybridized carbons (Fsp3) is 0.480. The standard InChI is InChI=1S/C25H31ClN6O4S2/c1-32-8-7-19-22(13-32)37-25(31-19)24(34)29-18-5-3-14(12-27-38(2,35)36)9-20(18)30-23(33)21-11-15-10-16(26)4-6-17(15)28-21/h4,6,10-11,14,18,20,27-28H,3,5,7-9,12-13H2,1-2H3,(H,29,34)(H,30,33)/t14?,18-,20+/m1/s1. The van der Waals surface area contributed by atoms with Crippen molar-refractivity contribution in [3.63, 3.8) is 0 Å². The number of amides is 2. The van der Waals surface area contributed by atoms with Gasteiger partial charge in [-0.05, 0) is 56.5 Å². The average Bonchev–Trinajstić information content (AvgIpc) is 3.47. The number of hydrogen-bond donors (Lipinski definition) is 4. The molecule has 2 aliphatic rings. The van der Waals surface area contributed by atoms with Gasteiger partial charge in [-0.3, -0.25) is 9.59 Å². The molecule has 0 saturated heterocycles. The number of fused-ring (bicyclic) bond motifs is 2. The summed E-state index contributed by atoms with van der Waals surface area (Å²) in [6.07, 6.45) is 3.78. The minimum atomic E-state index is -3.33. The molecule has 3 aromatic rings. The van der Waals surface area contributed by atoms with Crippen LogP contribution in [0.15, 0.2) is 24.3 Å². The summed E-state index contributed by atoms with van der Waals surface area (Å²) < 4.78 is 25.8. The maximum absolute atomic E-state index is 13.2. The Morgan fingerprint density at radius 1 is 1.18 bits per heavy atom. The van der Waals surface area contributed by atoms with Gasteiger partial charge in [0.25, 0.3) is 11.8 Å². The predicted octanol–water partition coefficient (Wildman–Crippen LogP) is 2.51. The van der Waals surface area contributed by atoms with E-state index in [0.29, 0.717) is 35.0 Å². The van der Waals surface area contributed by atoms with Gasteiger partial charge in [-0.15, -0.1) is 11.3 Å². The molecule has 1 aliphatic heterocycles. The van der Waals surface area contributed by atoms with Gasteiger partial charge >= 0.3 is 0 Å². The summed E-state index contributed by atoms with van der Waals surface area (Å²) in [6, 6.07) is 6.39. The summed E-state index contributed by atoms with van der Waals surface area (Å²) in [4.78, 5) is 37.5. The summed E-state index contributed by atoms with van der Waals surface area (Å²) in [5.74, 6) is -0.525. The summed E-state index contributed by atoms with van der Waals surface area (Å²) >= 11 is 7.51. The van der Waals surface area contributed by atoms with Crippen molar-refractivity contribution in [3.05, 3.63) is 50.6 Å². The Balaban J connectivity index is 1.32. The molecule has 10 nitrogen and oxygen atoms in total. The van der Waals surface area contributed by atoms with Crippen LogP contribution in [0.4, 0.5) is 0 Å². The molecule has 13 heteroatoms. The monoisotopic (exact) mass is 578 g/mol. The van der Waals surface area contributed by atoms with Crippen LogP contribution in [0.3, 0.4) is 0 Å². The van der Waals surface area contributed by atoms with E-state index in [2.05, 4.69) is 37.3 Å². The summed E-state index contributed by atoms with van der Waals surface area (Å²) in [6.45, 7) is 1.98. The van der Waals surface area contributed by atoms with Crippen LogP contribution in [0.25, 0.3) is 10.9 Å². The minimum absolute atomic E-state index is 0.0208. The van der Waals surface area contributed by atoms with E-state index in [4.69, 9.17) is 11.6 Å². The quantitative estimate of drug-likeness (QED) is 0.340. The first kappa shape index (κ1) is 27.1. The van der Waals surface area contributed by atoms with E-state index in [1.54, 1.807) is 18.2 Å². The molecular weight excluding hydrogens is 548 g/mol.